The summed E-state index contributed by atoms with van der Waals surface area (Å²) in [5.74, 6) is -0.0421. The first-order valence-electron chi connectivity index (χ1n) is 6.16. The number of aryl methyl sites for hydroxylation is 1. The van der Waals surface area contributed by atoms with Gasteiger partial charge in [-0.3, -0.25) is 0 Å². The highest BCUT2D eigenvalue weighted by atomic mass is 35.5. The summed E-state index contributed by atoms with van der Waals surface area (Å²) >= 11 is 5.82. The Morgan fingerprint density at radius 1 is 1.30 bits per heavy atom. The van der Waals surface area contributed by atoms with E-state index in [9.17, 15) is 4.39 Å². The Morgan fingerprint density at radius 2 is 2.10 bits per heavy atom. The van der Waals surface area contributed by atoms with E-state index in [1.807, 2.05) is 6.92 Å². The summed E-state index contributed by atoms with van der Waals surface area (Å²) < 4.78 is 18.4. The third-order valence-corrected chi connectivity index (χ3v) is 2.63. The molecule has 0 unspecified atom stereocenters. The molecule has 0 bridgehead atoms. The van der Waals surface area contributed by atoms with Crippen LogP contribution in [0, 0.1) is 12.7 Å². The molecule has 1 N–H and O–H groups in total. The molecule has 1 aromatic heterocycles. The molecule has 0 amide bonds. The quantitative estimate of drug-likeness (QED) is 0.915. The Kier molecular flexibility index (Phi) is 4.68. The average molecular weight is 297 g/mol. The maximum atomic E-state index is 13.0. The van der Waals surface area contributed by atoms with Crippen molar-refractivity contribution in [2.75, 3.05) is 11.9 Å². The predicted molar refractivity (Wildman–Crippen MR) is 75.0 cm³/mol. The van der Waals surface area contributed by atoms with E-state index in [1.54, 1.807) is 13.0 Å². The monoisotopic (exact) mass is 296 g/mol. The maximum Gasteiger partial charge on any atom is 0.322 e. The smallest absolute Gasteiger partial charge is 0.322 e. The lowest BCUT2D eigenvalue weighted by atomic mass is 10.2. The summed E-state index contributed by atoms with van der Waals surface area (Å²) in [7, 11) is 0. The summed E-state index contributed by atoms with van der Waals surface area (Å²) in [5.41, 5.74) is 1.42. The van der Waals surface area contributed by atoms with Crippen molar-refractivity contribution in [2.45, 2.75) is 20.3 Å². The highest BCUT2D eigenvalue weighted by molar-refractivity contribution is 6.28. The van der Waals surface area contributed by atoms with Crippen LogP contribution in [0.2, 0.25) is 5.28 Å². The van der Waals surface area contributed by atoms with Gasteiger partial charge in [-0.15, -0.1) is 0 Å². The van der Waals surface area contributed by atoms with Gasteiger partial charge >= 0.3 is 6.01 Å². The summed E-state index contributed by atoms with van der Waals surface area (Å²) in [4.78, 5) is 11.9. The third kappa shape index (κ3) is 3.77. The SMILES string of the molecule is CCCOc1nc(Cl)nc(Nc2ccc(F)cc2C)n1. The predicted octanol–water partition coefficient (Wildman–Crippen LogP) is 3.50. The molecule has 0 radical (unpaired) electrons. The van der Waals surface area contributed by atoms with Crippen LogP contribution < -0.4 is 10.1 Å². The van der Waals surface area contributed by atoms with Gasteiger partial charge in [0, 0.05) is 5.69 Å². The lowest BCUT2D eigenvalue weighted by Crippen LogP contribution is -2.05. The average Bonchev–Trinajstić information content (AvgIpc) is 2.39. The van der Waals surface area contributed by atoms with Crippen LogP contribution in [-0.2, 0) is 0 Å². The van der Waals surface area contributed by atoms with Gasteiger partial charge in [-0.1, -0.05) is 6.92 Å². The van der Waals surface area contributed by atoms with E-state index < -0.39 is 0 Å². The van der Waals surface area contributed by atoms with Gasteiger partial charge < -0.3 is 10.1 Å². The van der Waals surface area contributed by atoms with E-state index in [1.165, 1.54) is 12.1 Å². The van der Waals surface area contributed by atoms with Gasteiger partial charge in [-0.25, -0.2) is 4.39 Å². The second kappa shape index (κ2) is 6.47. The number of anilines is 2. The summed E-state index contributed by atoms with van der Waals surface area (Å²) in [6.07, 6.45) is 0.836. The van der Waals surface area contributed by atoms with E-state index >= 15 is 0 Å². The van der Waals surface area contributed by atoms with E-state index in [-0.39, 0.29) is 23.1 Å². The molecule has 0 aliphatic rings. The van der Waals surface area contributed by atoms with Gasteiger partial charge in [-0.2, -0.15) is 15.0 Å². The second-order valence-corrected chi connectivity index (χ2v) is 4.48. The van der Waals surface area contributed by atoms with Crippen LogP contribution in [0.15, 0.2) is 18.2 Å². The van der Waals surface area contributed by atoms with Crippen molar-refractivity contribution in [3.05, 3.63) is 34.9 Å². The number of ether oxygens (including phenoxy) is 1. The van der Waals surface area contributed by atoms with Crippen molar-refractivity contribution >= 4 is 23.2 Å². The largest absolute Gasteiger partial charge is 0.463 e. The van der Waals surface area contributed by atoms with Crippen molar-refractivity contribution in [2.24, 2.45) is 0 Å². The fourth-order valence-corrected chi connectivity index (χ4v) is 1.69. The molecule has 0 atom stereocenters. The van der Waals surface area contributed by atoms with Crippen LogP contribution in [0.3, 0.4) is 0 Å². The number of rotatable bonds is 5. The molecule has 2 aromatic rings. The molecule has 1 aromatic carbocycles. The first-order valence-corrected chi connectivity index (χ1v) is 6.54. The van der Waals surface area contributed by atoms with E-state index in [0.717, 1.165) is 12.0 Å². The van der Waals surface area contributed by atoms with Gasteiger partial charge in [0.15, 0.2) is 0 Å². The molecular formula is C13H14ClFN4O. The topological polar surface area (TPSA) is 59.9 Å². The van der Waals surface area contributed by atoms with Gasteiger partial charge in [0.2, 0.25) is 11.2 Å². The molecular weight excluding hydrogens is 283 g/mol. The number of aromatic nitrogens is 3. The first kappa shape index (κ1) is 14.5. The lowest BCUT2D eigenvalue weighted by molar-refractivity contribution is 0.292. The molecule has 0 aliphatic carbocycles. The molecule has 106 valence electrons. The Hall–Kier alpha value is -1.95. The molecule has 0 fully saturated rings. The highest BCUT2D eigenvalue weighted by Gasteiger charge is 2.08. The molecule has 1 heterocycles. The molecule has 0 saturated carbocycles. The molecule has 0 aliphatic heterocycles. The highest BCUT2D eigenvalue weighted by Crippen LogP contribution is 2.20. The maximum absolute atomic E-state index is 13.0. The van der Waals surface area contributed by atoms with Crippen molar-refractivity contribution in [1.82, 2.24) is 15.0 Å². The van der Waals surface area contributed by atoms with Crippen LogP contribution in [-0.4, -0.2) is 21.6 Å². The lowest BCUT2D eigenvalue weighted by Gasteiger charge is -2.09. The van der Waals surface area contributed by atoms with Crippen LogP contribution in [0.4, 0.5) is 16.0 Å². The van der Waals surface area contributed by atoms with Crippen LogP contribution in [0.25, 0.3) is 0 Å². The van der Waals surface area contributed by atoms with Crippen molar-refractivity contribution < 1.29 is 9.13 Å². The third-order valence-electron chi connectivity index (χ3n) is 2.46. The number of hydrogen-bond donors (Lipinski definition) is 1. The van der Waals surface area contributed by atoms with Gasteiger partial charge in [-0.05, 0) is 48.7 Å². The standard InChI is InChI=1S/C13H14ClFN4O/c1-3-6-20-13-18-11(14)17-12(19-13)16-10-5-4-9(15)7-8(10)2/h4-5,7H,3,6H2,1-2H3,(H,16,17,18,19). The van der Waals surface area contributed by atoms with E-state index in [2.05, 4.69) is 20.3 Å². The number of halogens is 2. The summed E-state index contributed by atoms with van der Waals surface area (Å²) in [6.45, 7) is 4.25. The Labute approximate surface area is 121 Å². The summed E-state index contributed by atoms with van der Waals surface area (Å²) in [5, 5.41) is 3.00. The van der Waals surface area contributed by atoms with E-state index in [4.69, 9.17) is 16.3 Å². The zero-order valence-corrected chi connectivity index (χ0v) is 11.9. The first-order chi connectivity index (χ1) is 9.58. The molecule has 0 saturated heterocycles. The zero-order chi connectivity index (χ0) is 14.5. The van der Waals surface area contributed by atoms with Crippen LogP contribution >= 0.6 is 11.6 Å². The van der Waals surface area contributed by atoms with Crippen LogP contribution in [0.1, 0.15) is 18.9 Å². The van der Waals surface area contributed by atoms with Crippen LogP contribution in [0.5, 0.6) is 6.01 Å². The minimum atomic E-state index is -0.298. The van der Waals surface area contributed by atoms with Crippen molar-refractivity contribution in [3.8, 4) is 6.01 Å². The minimum absolute atomic E-state index is 0.0355. The summed E-state index contributed by atoms with van der Waals surface area (Å²) in [6, 6.07) is 4.54. The van der Waals surface area contributed by atoms with E-state index in [0.29, 0.717) is 12.3 Å². The Morgan fingerprint density at radius 3 is 2.80 bits per heavy atom. The molecule has 2 rings (SSSR count). The van der Waals surface area contributed by atoms with Crippen molar-refractivity contribution in [3.63, 3.8) is 0 Å². The fraction of sp³-hybridized carbons (Fsp3) is 0.308. The number of benzene rings is 1. The minimum Gasteiger partial charge on any atom is -0.463 e. The number of nitrogens with one attached hydrogen (secondary N) is 1. The van der Waals surface area contributed by atoms with Crippen molar-refractivity contribution in [1.29, 1.82) is 0 Å². The number of nitrogens with zero attached hydrogens (tertiary/aromatic N) is 3. The zero-order valence-electron chi connectivity index (χ0n) is 11.2. The number of hydrogen-bond acceptors (Lipinski definition) is 5. The Bertz CT molecular complexity index is 609. The Balaban J connectivity index is 2.21. The second-order valence-electron chi connectivity index (χ2n) is 4.14. The van der Waals surface area contributed by atoms with Gasteiger partial charge in [0.1, 0.15) is 5.82 Å². The fourth-order valence-electron chi connectivity index (χ4n) is 1.53. The van der Waals surface area contributed by atoms with Gasteiger partial charge in [0.05, 0.1) is 6.61 Å². The molecule has 7 heteroatoms. The molecule has 20 heavy (non-hydrogen) atoms. The molecule has 0 spiro atoms. The molecule has 5 nitrogen and oxygen atoms in total. The normalized spacial score (nSPS) is 10.4. The van der Waals surface area contributed by atoms with Gasteiger partial charge in [0.25, 0.3) is 0 Å².